The van der Waals surface area contributed by atoms with Crippen LogP contribution in [0.1, 0.15) is 106 Å². The van der Waals surface area contributed by atoms with Crippen LogP contribution < -0.4 is 4.90 Å². The number of benzene rings is 2. The number of allylic oxidation sites excluding steroid dienone is 4. The molecule has 4 fully saturated rings. The second-order valence-corrected chi connectivity index (χ2v) is 22.0. The van der Waals surface area contributed by atoms with Crippen molar-refractivity contribution in [3.8, 4) is 0 Å². The first-order chi connectivity index (χ1) is 33.5. The number of alkyl halides is 2. The smallest absolute Gasteiger partial charge is 0.419 e. The van der Waals surface area contributed by atoms with E-state index in [1.807, 2.05) is 0 Å². The first kappa shape index (κ1) is 54.2. The van der Waals surface area contributed by atoms with Crippen LogP contribution in [0, 0.1) is 28.5 Å². The molecule has 0 aromatic heterocycles. The van der Waals surface area contributed by atoms with Gasteiger partial charge in [0.05, 0.1) is 23.9 Å². The highest BCUT2D eigenvalue weighted by molar-refractivity contribution is 6.01. The summed E-state index contributed by atoms with van der Waals surface area (Å²) >= 11 is 0. The lowest BCUT2D eigenvalue weighted by Gasteiger charge is -2.63. The molecule has 2 aromatic carbocycles. The van der Waals surface area contributed by atoms with E-state index in [4.69, 9.17) is 28.4 Å². The summed E-state index contributed by atoms with van der Waals surface area (Å²) in [6.07, 6.45) is -4.84. The zero-order valence-electron chi connectivity index (χ0n) is 43.0. The minimum absolute atomic E-state index is 0.0361. The van der Waals surface area contributed by atoms with Gasteiger partial charge in [0.2, 0.25) is 0 Å². The normalized spacial score (nSPS) is 30.9. The van der Waals surface area contributed by atoms with Gasteiger partial charge in [-0.1, -0.05) is 43.8 Å². The molecule has 11 atom stereocenters. The van der Waals surface area contributed by atoms with Crippen molar-refractivity contribution in [2.45, 2.75) is 148 Å². The molecular weight excluding hydrogens is 940 g/mol. The molecule has 0 radical (unpaired) electrons. The molecule has 2 aromatic rings. The van der Waals surface area contributed by atoms with Crippen molar-refractivity contribution < 1.29 is 70.7 Å². The van der Waals surface area contributed by atoms with E-state index in [0.717, 1.165) is 6.08 Å². The lowest BCUT2D eigenvalue weighted by atomic mass is 9.44. The zero-order chi connectivity index (χ0) is 53.1. The van der Waals surface area contributed by atoms with Crippen LogP contribution in [-0.2, 0) is 44.6 Å². The molecule has 4 aliphatic carbocycles. The summed E-state index contributed by atoms with van der Waals surface area (Å²) < 4.78 is 84.7. The first-order valence-electron chi connectivity index (χ1n) is 24.4. The minimum atomic E-state index is -2.43. The lowest BCUT2D eigenvalue weighted by Crippen LogP contribution is -2.70. The molecular formula is C54H68F3N3O12. The molecule has 5 aliphatic rings. The number of amides is 3. The fraction of sp³-hybridized carbons (Fsp3) is 0.574. The Balaban J connectivity index is 1.05. The van der Waals surface area contributed by atoms with Gasteiger partial charge in [-0.25, -0.2) is 32.5 Å². The van der Waals surface area contributed by atoms with E-state index < -0.39 is 125 Å². The largest absolute Gasteiger partial charge is 0.444 e. The van der Waals surface area contributed by atoms with Gasteiger partial charge in [0.1, 0.15) is 43.1 Å². The second-order valence-electron chi connectivity index (χ2n) is 22.0. The van der Waals surface area contributed by atoms with E-state index in [-0.39, 0.29) is 49.2 Å². The Hall–Kier alpha value is -5.56. The van der Waals surface area contributed by atoms with Crippen molar-refractivity contribution in [2.75, 3.05) is 31.8 Å². The zero-order valence-corrected chi connectivity index (χ0v) is 43.0. The van der Waals surface area contributed by atoms with Crippen LogP contribution in [0.15, 0.2) is 84.6 Å². The number of ketones is 2. The number of hydrogen-bond acceptors (Lipinski definition) is 12. The van der Waals surface area contributed by atoms with E-state index in [2.05, 4.69) is 6.58 Å². The van der Waals surface area contributed by atoms with E-state index in [1.54, 1.807) is 92.6 Å². The van der Waals surface area contributed by atoms with Crippen LogP contribution >= 0.6 is 0 Å². The Morgan fingerprint density at radius 1 is 0.958 bits per heavy atom. The number of aliphatic hydroxyl groups excluding tert-OH is 1. The first-order valence-corrected chi connectivity index (χ1v) is 24.4. The molecule has 15 nitrogen and oxygen atoms in total. The molecule has 7 rings (SSSR count). The SMILES string of the molecule is C=C([C@H](C)N(C)C(=O)OC(C)(C)C)N(C(=O)OC(C)(C)C)c1ccc(COC(=O)N(CC)COCC(=O)[C@@]23O[C@H](c4cccc(F)c4)O[C@@H]2C[C@H]2[C@@H]4C[C@H](F)C5=CC(=O)C=C[C@]5(C)[C@@]4(F)[C@@H](O)C[C@@]23C)cc1. The molecule has 0 spiro atoms. The highest BCUT2D eigenvalue weighted by Crippen LogP contribution is 2.72. The number of rotatable bonds is 13. The van der Waals surface area contributed by atoms with Crippen molar-refractivity contribution >= 4 is 35.5 Å². The van der Waals surface area contributed by atoms with E-state index in [0.29, 0.717) is 11.3 Å². The summed E-state index contributed by atoms with van der Waals surface area (Å²) in [4.78, 5) is 71.1. The van der Waals surface area contributed by atoms with Crippen molar-refractivity contribution in [3.05, 3.63) is 102 Å². The number of carbonyl (C=O) groups excluding carboxylic acids is 5. The van der Waals surface area contributed by atoms with Crippen molar-refractivity contribution in [1.29, 1.82) is 0 Å². The van der Waals surface area contributed by atoms with Gasteiger partial charge >= 0.3 is 18.3 Å². The number of carbonyl (C=O) groups is 5. The minimum Gasteiger partial charge on any atom is -0.444 e. The predicted octanol–water partition coefficient (Wildman–Crippen LogP) is 9.62. The predicted molar refractivity (Wildman–Crippen MR) is 258 cm³/mol. The standard InChI is InChI=1S/C54H68F3N3O12/c1-13-59(47(65)68-28-33-17-19-36(20-18-33)60(48(66)72-50(7,8)9)32(3)31(2)58(12)46(64)71-49(4,5)6)30-67-29-43(63)54-44(69-45(70-54)34-15-14-16-35(55)23-34)26-38-39-25-41(56)40-24-37(61)21-22-51(40,10)53(39,57)42(62)27-52(38,54)11/h14-24,31,38-39,41-42,44-45,62H,3,13,25-30H2,1-2,4-12H3/t31-,38-,39-,41-,42-,44+,45+,51-,52-,53-,54+/m0/s1. The molecule has 392 valence electrons. The van der Waals surface area contributed by atoms with Crippen LogP contribution in [0.4, 0.5) is 33.2 Å². The van der Waals surface area contributed by atoms with Gasteiger partial charge in [-0.05, 0) is 135 Å². The number of hydrogen-bond donors (Lipinski definition) is 1. The van der Waals surface area contributed by atoms with Gasteiger partial charge in [-0.15, -0.1) is 0 Å². The molecule has 3 saturated carbocycles. The summed E-state index contributed by atoms with van der Waals surface area (Å²) in [6.45, 7) is 20.0. The Labute approximate surface area is 419 Å². The van der Waals surface area contributed by atoms with Gasteiger partial charge in [0.15, 0.2) is 29.1 Å². The van der Waals surface area contributed by atoms with Crippen LogP contribution in [0.25, 0.3) is 0 Å². The molecule has 1 aliphatic heterocycles. The quantitative estimate of drug-likeness (QED) is 0.149. The molecule has 1 heterocycles. The van der Waals surface area contributed by atoms with Crippen LogP contribution in [0.5, 0.6) is 0 Å². The number of Topliss-reactive ketones (excluding diaryl/α,β-unsaturated/α-hetero) is 1. The Morgan fingerprint density at radius 3 is 2.24 bits per heavy atom. The van der Waals surface area contributed by atoms with Gasteiger partial charge in [0.25, 0.3) is 0 Å². The number of fused-ring (bicyclic) bond motifs is 7. The number of halogens is 3. The maximum Gasteiger partial charge on any atom is 0.419 e. The Bertz CT molecular complexity index is 2520. The molecule has 72 heavy (non-hydrogen) atoms. The number of likely N-dealkylation sites (N-methyl/N-ethyl adjacent to an activating group) is 1. The Morgan fingerprint density at radius 2 is 1.61 bits per heavy atom. The summed E-state index contributed by atoms with van der Waals surface area (Å²) in [7, 11) is 1.54. The third-order valence-corrected chi connectivity index (χ3v) is 15.2. The monoisotopic (exact) mass is 1010 g/mol. The molecule has 3 amide bonds. The summed E-state index contributed by atoms with van der Waals surface area (Å²) in [5.74, 6) is -3.57. The van der Waals surface area contributed by atoms with E-state index in [9.17, 15) is 33.5 Å². The van der Waals surface area contributed by atoms with Crippen molar-refractivity contribution in [3.63, 3.8) is 0 Å². The van der Waals surface area contributed by atoms with Gasteiger partial charge < -0.3 is 38.4 Å². The van der Waals surface area contributed by atoms with Crippen LogP contribution in [0.2, 0.25) is 0 Å². The fourth-order valence-electron chi connectivity index (χ4n) is 11.5. The maximum absolute atomic E-state index is 18.0. The molecule has 1 saturated heterocycles. The van der Waals surface area contributed by atoms with Crippen molar-refractivity contribution in [1.82, 2.24) is 9.80 Å². The molecule has 0 unspecified atom stereocenters. The molecule has 1 N–H and O–H groups in total. The van der Waals surface area contributed by atoms with E-state index in [1.165, 1.54) is 59.0 Å². The van der Waals surface area contributed by atoms with E-state index >= 15 is 8.78 Å². The molecule has 18 heteroatoms. The number of aliphatic hydroxyl groups is 1. The average molecular weight is 1010 g/mol. The average Bonchev–Trinajstić information content (AvgIpc) is 3.80. The van der Waals surface area contributed by atoms with Crippen LogP contribution in [0.3, 0.4) is 0 Å². The topological polar surface area (TPSA) is 171 Å². The van der Waals surface area contributed by atoms with Gasteiger partial charge in [-0.3, -0.25) is 14.5 Å². The van der Waals surface area contributed by atoms with Crippen molar-refractivity contribution in [2.24, 2.45) is 22.7 Å². The fourth-order valence-corrected chi connectivity index (χ4v) is 11.5. The number of ether oxygens (including phenoxy) is 6. The van der Waals surface area contributed by atoms with Gasteiger partial charge in [0, 0.05) is 41.6 Å². The molecule has 0 bridgehead atoms. The summed E-state index contributed by atoms with van der Waals surface area (Å²) in [6, 6.07) is 11.3. The number of nitrogens with zero attached hydrogens (tertiary/aromatic N) is 3. The highest BCUT2D eigenvalue weighted by atomic mass is 19.1. The maximum atomic E-state index is 18.0. The summed E-state index contributed by atoms with van der Waals surface area (Å²) in [5.41, 5.74) is -7.57. The lowest BCUT2D eigenvalue weighted by molar-refractivity contribution is -0.235. The number of anilines is 1. The third kappa shape index (κ3) is 9.71. The third-order valence-electron chi connectivity index (χ3n) is 15.2. The van der Waals surface area contributed by atoms with Gasteiger partial charge in [-0.2, -0.15) is 0 Å². The highest BCUT2D eigenvalue weighted by Gasteiger charge is 2.80. The van der Waals surface area contributed by atoms with Crippen LogP contribution in [-0.4, -0.2) is 119 Å². The second kappa shape index (κ2) is 19.7. The Kier molecular flexibility index (Phi) is 14.8. The summed E-state index contributed by atoms with van der Waals surface area (Å²) in [5, 5.41) is 12.0.